The second kappa shape index (κ2) is 8.87. The average molecular weight is 534 g/mol. The molecule has 10 heteroatoms. The Kier molecular flexibility index (Phi) is 6.72. The molecular formula is C18H18Br2N2O5S. The van der Waals surface area contributed by atoms with Crippen molar-refractivity contribution in [2.24, 2.45) is 0 Å². The van der Waals surface area contributed by atoms with Crippen molar-refractivity contribution in [3.05, 3.63) is 47.2 Å². The third kappa shape index (κ3) is 3.95. The van der Waals surface area contributed by atoms with Crippen LogP contribution in [0.2, 0.25) is 0 Å². The molecule has 2 heterocycles. The highest BCUT2D eigenvalue weighted by molar-refractivity contribution is 9.11. The van der Waals surface area contributed by atoms with Crippen molar-refractivity contribution in [1.82, 2.24) is 10.2 Å². The number of nitrogens with one attached hydrogen (secondary N) is 1. The lowest BCUT2D eigenvalue weighted by atomic mass is 10.0. The van der Waals surface area contributed by atoms with Gasteiger partial charge in [0.1, 0.15) is 27.9 Å². The summed E-state index contributed by atoms with van der Waals surface area (Å²) in [6.07, 6.45) is 0.108. The van der Waals surface area contributed by atoms with Gasteiger partial charge in [-0.05, 0) is 18.1 Å². The number of benzene rings is 1. The Labute approximate surface area is 181 Å². The Bertz CT molecular complexity index is 861. The summed E-state index contributed by atoms with van der Waals surface area (Å²) in [4.78, 5) is 38.6. The second-order valence-electron chi connectivity index (χ2n) is 6.31. The standard InChI is InChI=1S/C18H18Br2N2O5S/c1-10-14(18(25)27-8-7-19)22-16(24)13(17(22)28(26)15(10)20)21-12(23)9-11-5-3-2-4-6-11/h2-6,13,15,17H,7-9H2,1H3,(H,21,23)/t13?,15?,17-,28?/m1/s1. The van der Waals surface area contributed by atoms with Crippen molar-refractivity contribution in [1.29, 1.82) is 0 Å². The van der Waals surface area contributed by atoms with Crippen molar-refractivity contribution in [2.45, 2.75) is 28.9 Å². The van der Waals surface area contributed by atoms with Gasteiger partial charge in [-0.3, -0.25) is 18.7 Å². The zero-order valence-electron chi connectivity index (χ0n) is 14.9. The van der Waals surface area contributed by atoms with Crippen LogP contribution in [0, 0.1) is 0 Å². The maximum absolute atomic E-state index is 12.8. The molecule has 0 radical (unpaired) electrons. The molecule has 1 aromatic carbocycles. The number of carbonyl (C=O) groups is 3. The van der Waals surface area contributed by atoms with Gasteiger partial charge in [-0.1, -0.05) is 62.2 Å². The molecule has 1 N–H and O–H groups in total. The van der Waals surface area contributed by atoms with Crippen LogP contribution in [0.3, 0.4) is 0 Å². The van der Waals surface area contributed by atoms with Crippen molar-refractivity contribution >= 4 is 60.4 Å². The Morgan fingerprint density at radius 3 is 2.61 bits per heavy atom. The van der Waals surface area contributed by atoms with E-state index >= 15 is 0 Å². The molecule has 2 aliphatic heterocycles. The van der Waals surface area contributed by atoms with E-state index in [1.165, 1.54) is 4.90 Å². The lowest BCUT2D eigenvalue weighted by molar-refractivity contribution is -0.152. The number of alkyl halides is 2. The first kappa shape index (κ1) is 21.2. The van der Waals surface area contributed by atoms with Gasteiger partial charge in [0.25, 0.3) is 5.91 Å². The third-order valence-electron chi connectivity index (χ3n) is 4.47. The molecule has 1 aromatic rings. The van der Waals surface area contributed by atoms with Gasteiger partial charge in [0.2, 0.25) is 5.91 Å². The molecule has 0 bridgehead atoms. The van der Waals surface area contributed by atoms with Crippen molar-refractivity contribution in [3.63, 3.8) is 0 Å². The van der Waals surface area contributed by atoms with Gasteiger partial charge in [0.15, 0.2) is 0 Å². The van der Waals surface area contributed by atoms with Crippen molar-refractivity contribution in [3.8, 4) is 0 Å². The predicted octanol–water partition coefficient (Wildman–Crippen LogP) is 1.58. The zero-order chi connectivity index (χ0) is 20.4. The Balaban J connectivity index is 1.77. The van der Waals surface area contributed by atoms with Gasteiger partial charge in [0, 0.05) is 5.33 Å². The van der Waals surface area contributed by atoms with Gasteiger partial charge >= 0.3 is 5.97 Å². The normalized spacial score (nSPS) is 26.4. The van der Waals surface area contributed by atoms with Crippen molar-refractivity contribution < 1.29 is 23.3 Å². The molecule has 1 saturated heterocycles. The van der Waals surface area contributed by atoms with E-state index in [4.69, 9.17) is 4.74 Å². The van der Waals surface area contributed by atoms with Gasteiger partial charge in [-0.25, -0.2) is 4.79 Å². The Morgan fingerprint density at radius 1 is 1.29 bits per heavy atom. The van der Waals surface area contributed by atoms with Crippen LogP contribution in [-0.4, -0.2) is 54.4 Å². The number of halogens is 2. The molecular weight excluding hydrogens is 516 g/mol. The van der Waals surface area contributed by atoms with E-state index in [0.29, 0.717) is 10.9 Å². The fourth-order valence-electron chi connectivity index (χ4n) is 3.13. The average Bonchev–Trinajstić information content (AvgIpc) is 2.69. The first-order valence-electron chi connectivity index (χ1n) is 8.50. The van der Waals surface area contributed by atoms with E-state index in [1.807, 2.05) is 30.3 Å². The zero-order valence-corrected chi connectivity index (χ0v) is 18.9. The molecule has 3 unspecified atom stereocenters. The minimum absolute atomic E-state index is 0.0889. The monoisotopic (exact) mass is 532 g/mol. The number of hydrogen-bond acceptors (Lipinski definition) is 5. The number of esters is 1. The quantitative estimate of drug-likeness (QED) is 0.340. The van der Waals surface area contributed by atoms with Crippen LogP contribution >= 0.6 is 31.9 Å². The minimum atomic E-state index is -1.53. The smallest absolute Gasteiger partial charge is 0.355 e. The molecule has 28 heavy (non-hydrogen) atoms. The minimum Gasteiger partial charge on any atom is -0.460 e. The van der Waals surface area contributed by atoms with Crippen LogP contribution in [0.4, 0.5) is 0 Å². The molecule has 0 saturated carbocycles. The Hall–Kier alpha value is -1.52. The molecule has 1 fully saturated rings. The molecule has 0 aromatic heterocycles. The number of fused-ring (bicyclic) bond motifs is 1. The number of β-lactam (4-membered cyclic amide) rings is 1. The summed E-state index contributed by atoms with van der Waals surface area (Å²) in [5.74, 6) is -1.46. The summed E-state index contributed by atoms with van der Waals surface area (Å²) in [7, 11) is -1.53. The van der Waals surface area contributed by atoms with E-state index in [2.05, 4.69) is 37.2 Å². The number of hydrogen-bond donors (Lipinski definition) is 1. The number of rotatable bonds is 6. The summed E-state index contributed by atoms with van der Waals surface area (Å²) < 4.78 is 17.3. The van der Waals surface area contributed by atoms with Crippen LogP contribution in [-0.2, 0) is 36.3 Å². The topological polar surface area (TPSA) is 92.8 Å². The summed E-state index contributed by atoms with van der Waals surface area (Å²) in [6.45, 7) is 1.78. The third-order valence-corrected chi connectivity index (χ3v) is 8.30. The molecule has 150 valence electrons. The number of amides is 2. The molecule has 3 rings (SSSR count). The van der Waals surface area contributed by atoms with Crippen molar-refractivity contribution in [2.75, 3.05) is 11.9 Å². The van der Waals surface area contributed by atoms with Crippen LogP contribution in [0.15, 0.2) is 41.6 Å². The molecule has 2 amide bonds. The van der Waals surface area contributed by atoms with E-state index in [9.17, 15) is 18.6 Å². The van der Waals surface area contributed by atoms with Gasteiger partial charge in [-0.15, -0.1) is 0 Å². The first-order chi connectivity index (χ1) is 13.4. The first-order valence-corrected chi connectivity index (χ1v) is 11.8. The largest absolute Gasteiger partial charge is 0.460 e. The maximum atomic E-state index is 12.8. The number of ether oxygens (including phenoxy) is 1. The SMILES string of the molecule is CC1=C(C(=O)OCCBr)N2C(=O)C(NC(=O)Cc3ccccc3)[C@H]2S(=O)C1Br. The highest BCUT2D eigenvalue weighted by Gasteiger charge is 2.58. The van der Waals surface area contributed by atoms with Gasteiger partial charge < -0.3 is 10.1 Å². The highest BCUT2D eigenvalue weighted by atomic mass is 79.9. The molecule has 2 aliphatic rings. The second-order valence-corrected chi connectivity index (χ2v) is 10.2. The summed E-state index contributed by atoms with van der Waals surface area (Å²) in [5, 5.41) is 2.31. The maximum Gasteiger partial charge on any atom is 0.355 e. The van der Waals surface area contributed by atoms with E-state index in [-0.39, 0.29) is 24.6 Å². The van der Waals surface area contributed by atoms with Gasteiger partial charge in [-0.2, -0.15) is 0 Å². The molecule has 0 aliphatic carbocycles. The molecule has 4 atom stereocenters. The Morgan fingerprint density at radius 2 is 1.96 bits per heavy atom. The van der Waals surface area contributed by atoms with Crippen LogP contribution in [0.5, 0.6) is 0 Å². The fraction of sp³-hybridized carbons (Fsp3) is 0.389. The number of nitrogens with zero attached hydrogens (tertiary/aromatic N) is 1. The molecule has 7 nitrogen and oxygen atoms in total. The molecule has 0 spiro atoms. The summed E-state index contributed by atoms with van der Waals surface area (Å²) >= 11 is 6.52. The predicted molar refractivity (Wildman–Crippen MR) is 111 cm³/mol. The summed E-state index contributed by atoms with van der Waals surface area (Å²) in [6, 6.07) is 8.17. The lowest BCUT2D eigenvalue weighted by Gasteiger charge is -2.50. The van der Waals surface area contributed by atoms with E-state index in [0.717, 1.165) is 5.56 Å². The van der Waals surface area contributed by atoms with Crippen LogP contribution < -0.4 is 5.32 Å². The summed E-state index contributed by atoms with van der Waals surface area (Å²) in [5.41, 5.74) is 1.36. The van der Waals surface area contributed by atoms with E-state index < -0.39 is 38.3 Å². The lowest BCUT2D eigenvalue weighted by Crippen LogP contribution is -2.74. The fourth-order valence-corrected chi connectivity index (χ4v) is 5.75. The number of carbonyl (C=O) groups excluding carboxylic acids is 3. The van der Waals surface area contributed by atoms with Gasteiger partial charge in [0.05, 0.1) is 17.2 Å². The van der Waals surface area contributed by atoms with E-state index in [1.54, 1.807) is 6.92 Å². The van der Waals surface area contributed by atoms with Crippen LogP contribution in [0.1, 0.15) is 12.5 Å². The highest BCUT2D eigenvalue weighted by Crippen LogP contribution is 2.40. The van der Waals surface area contributed by atoms with Crippen LogP contribution in [0.25, 0.3) is 0 Å².